The molecule has 0 unspecified atom stereocenters. The van der Waals surface area contributed by atoms with Crippen molar-refractivity contribution >= 4 is 21.8 Å². The monoisotopic (exact) mass is 395 g/mol. The summed E-state index contributed by atoms with van der Waals surface area (Å²) < 4.78 is 32.8. The number of unbranched alkanes of at least 4 members (excludes halogenated alkanes) is 3. The Labute approximate surface area is 161 Å². The van der Waals surface area contributed by atoms with E-state index in [1.165, 1.54) is 0 Å². The van der Waals surface area contributed by atoms with Gasteiger partial charge >= 0.3 is 0 Å². The quantitative estimate of drug-likeness (QED) is 0.656. The van der Waals surface area contributed by atoms with Gasteiger partial charge in [-0.25, -0.2) is 8.42 Å². The van der Waals surface area contributed by atoms with Gasteiger partial charge < -0.3 is 15.8 Å². The van der Waals surface area contributed by atoms with E-state index in [9.17, 15) is 13.2 Å². The van der Waals surface area contributed by atoms with Gasteiger partial charge in [0, 0.05) is 12.0 Å². The molecule has 1 aromatic rings. The lowest BCUT2D eigenvalue weighted by Gasteiger charge is -2.18. The standard InChI is InChI=1S/C19H29N3O4S/c1-19(2,3)18(23)21-11-6-4-5-7-12-26-15-10-8-9-14-13-27(24,25)22-17(20)16(14)15/h8-10H,4-7,11-13H2,1-3H3,(H2,20,22)(H,21,23). The normalized spacial score (nSPS) is 15.6. The van der Waals surface area contributed by atoms with E-state index >= 15 is 0 Å². The molecule has 0 spiro atoms. The van der Waals surface area contributed by atoms with Crippen LogP contribution in [-0.2, 0) is 20.6 Å². The minimum Gasteiger partial charge on any atom is -0.493 e. The van der Waals surface area contributed by atoms with Crippen LogP contribution in [0.5, 0.6) is 5.75 Å². The molecule has 1 aromatic carbocycles. The Morgan fingerprint density at radius 3 is 2.63 bits per heavy atom. The Hall–Kier alpha value is -2.09. The largest absolute Gasteiger partial charge is 0.493 e. The number of ether oxygens (including phenoxy) is 1. The molecule has 1 heterocycles. The zero-order valence-corrected chi connectivity index (χ0v) is 17.1. The smallest absolute Gasteiger partial charge is 0.259 e. The van der Waals surface area contributed by atoms with Gasteiger partial charge in [0.2, 0.25) is 5.91 Å². The number of fused-ring (bicyclic) bond motifs is 1. The van der Waals surface area contributed by atoms with E-state index in [1.807, 2.05) is 20.8 Å². The Morgan fingerprint density at radius 2 is 1.93 bits per heavy atom. The van der Waals surface area contributed by atoms with Gasteiger partial charge in [-0.15, -0.1) is 4.40 Å². The third-order valence-electron chi connectivity index (χ3n) is 4.24. The molecule has 1 aliphatic rings. The number of hydrogen-bond acceptors (Lipinski definition) is 5. The maximum absolute atomic E-state index is 11.8. The van der Waals surface area contributed by atoms with E-state index in [1.54, 1.807) is 18.2 Å². The van der Waals surface area contributed by atoms with Gasteiger partial charge in [0.1, 0.15) is 11.6 Å². The molecule has 0 saturated carbocycles. The van der Waals surface area contributed by atoms with Gasteiger partial charge in [-0.3, -0.25) is 4.79 Å². The lowest BCUT2D eigenvalue weighted by molar-refractivity contribution is -0.128. The molecule has 2 rings (SSSR count). The average molecular weight is 396 g/mol. The highest BCUT2D eigenvalue weighted by molar-refractivity contribution is 7.89. The number of amides is 1. The lowest BCUT2D eigenvalue weighted by Crippen LogP contribution is -2.35. The molecule has 0 bridgehead atoms. The minimum absolute atomic E-state index is 0.0126. The lowest BCUT2D eigenvalue weighted by atomic mass is 9.96. The van der Waals surface area contributed by atoms with Crippen LogP contribution in [0.4, 0.5) is 0 Å². The van der Waals surface area contributed by atoms with Crippen molar-refractivity contribution < 1.29 is 17.9 Å². The number of rotatable bonds is 8. The predicted octanol–water partition coefficient (Wildman–Crippen LogP) is 2.34. The summed E-state index contributed by atoms with van der Waals surface area (Å²) in [4.78, 5) is 11.8. The second-order valence-corrected chi connectivity index (χ2v) is 9.40. The van der Waals surface area contributed by atoms with Crippen LogP contribution in [0.15, 0.2) is 22.6 Å². The first-order chi connectivity index (χ1) is 12.6. The summed E-state index contributed by atoms with van der Waals surface area (Å²) >= 11 is 0. The van der Waals surface area contributed by atoms with E-state index in [4.69, 9.17) is 10.5 Å². The number of nitrogens with two attached hydrogens (primary N) is 1. The molecule has 0 saturated heterocycles. The molecule has 8 heteroatoms. The van der Waals surface area contributed by atoms with Crippen LogP contribution in [0.3, 0.4) is 0 Å². The first-order valence-corrected chi connectivity index (χ1v) is 10.8. The van der Waals surface area contributed by atoms with Crippen LogP contribution in [0.1, 0.15) is 57.6 Å². The number of amidine groups is 1. The molecule has 7 nitrogen and oxygen atoms in total. The van der Waals surface area contributed by atoms with Gasteiger partial charge in [-0.1, -0.05) is 45.7 Å². The molecular weight excluding hydrogens is 366 g/mol. The molecule has 27 heavy (non-hydrogen) atoms. The second kappa shape index (κ2) is 8.73. The van der Waals surface area contributed by atoms with Crippen LogP contribution < -0.4 is 15.8 Å². The molecule has 0 atom stereocenters. The molecular formula is C19H29N3O4S. The SMILES string of the molecule is CC(C)(C)C(=O)NCCCCCCOc1cccc2c1C(N)=NS(=O)(=O)C2. The van der Waals surface area contributed by atoms with Gasteiger partial charge in [0.15, 0.2) is 0 Å². The molecule has 0 fully saturated rings. The Bertz CT molecular complexity index is 811. The van der Waals surface area contributed by atoms with Crippen molar-refractivity contribution in [2.24, 2.45) is 15.5 Å². The summed E-state index contributed by atoms with van der Waals surface area (Å²) in [5.74, 6) is 0.476. The van der Waals surface area contributed by atoms with Crippen LogP contribution in [0, 0.1) is 5.41 Å². The highest BCUT2D eigenvalue weighted by atomic mass is 32.2. The first kappa shape index (κ1) is 21.2. The Morgan fingerprint density at radius 1 is 1.22 bits per heavy atom. The number of sulfonamides is 1. The third kappa shape index (κ3) is 6.23. The third-order valence-corrected chi connectivity index (χ3v) is 5.39. The maximum atomic E-state index is 11.8. The van der Waals surface area contributed by atoms with Crippen molar-refractivity contribution in [1.82, 2.24) is 5.32 Å². The van der Waals surface area contributed by atoms with Gasteiger partial charge in [0.05, 0.1) is 17.9 Å². The number of carbonyl (C=O) groups is 1. The van der Waals surface area contributed by atoms with Crippen molar-refractivity contribution in [1.29, 1.82) is 0 Å². The Balaban J connectivity index is 1.73. The molecule has 0 aliphatic carbocycles. The zero-order chi connectivity index (χ0) is 20.1. The minimum atomic E-state index is -3.54. The van der Waals surface area contributed by atoms with Crippen LogP contribution >= 0.6 is 0 Å². The summed E-state index contributed by atoms with van der Waals surface area (Å²) in [6.07, 6.45) is 3.78. The number of hydrogen-bond donors (Lipinski definition) is 2. The molecule has 1 amide bonds. The fourth-order valence-corrected chi connectivity index (χ4v) is 3.85. The van der Waals surface area contributed by atoms with Crippen molar-refractivity contribution in [3.63, 3.8) is 0 Å². The summed E-state index contributed by atoms with van der Waals surface area (Å²) in [6, 6.07) is 5.27. The molecule has 1 aliphatic heterocycles. The van der Waals surface area contributed by atoms with Crippen molar-refractivity contribution in [2.45, 2.75) is 52.2 Å². The maximum Gasteiger partial charge on any atom is 0.259 e. The first-order valence-electron chi connectivity index (χ1n) is 9.21. The molecule has 3 N–H and O–H groups in total. The van der Waals surface area contributed by atoms with E-state index in [2.05, 4.69) is 9.71 Å². The average Bonchev–Trinajstić information content (AvgIpc) is 2.54. The van der Waals surface area contributed by atoms with E-state index in [0.717, 1.165) is 25.7 Å². The molecule has 150 valence electrons. The van der Waals surface area contributed by atoms with E-state index in [0.29, 0.717) is 30.0 Å². The topological polar surface area (TPSA) is 111 Å². The van der Waals surface area contributed by atoms with Crippen molar-refractivity contribution in [2.75, 3.05) is 13.2 Å². The number of carbonyl (C=O) groups excluding carboxylic acids is 1. The fraction of sp³-hybridized carbons (Fsp3) is 0.579. The summed E-state index contributed by atoms with van der Waals surface area (Å²) in [5, 5.41) is 2.94. The van der Waals surface area contributed by atoms with Gasteiger partial charge in [-0.05, 0) is 24.5 Å². The van der Waals surface area contributed by atoms with Gasteiger partial charge in [-0.2, -0.15) is 0 Å². The van der Waals surface area contributed by atoms with Crippen molar-refractivity contribution in [3.05, 3.63) is 29.3 Å². The molecule has 0 radical (unpaired) electrons. The van der Waals surface area contributed by atoms with Crippen LogP contribution in [-0.4, -0.2) is 33.3 Å². The summed E-state index contributed by atoms with van der Waals surface area (Å²) in [6.45, 7) is 6.90. The predicted molar refractivity (Wildman–Crippen MR) is 106 cm³/mol. The Kier molecular flexibility index (Phi) is 6.86. The second-order valence-electron chi connectivity index (χ2n) is 7.76. The number of benzene rings is 1. The van der Waals surface area contributed by atoms with E-state index in [-0.39, 0.29) is 22.9 Å². The molecule has 0 aromatic heterocycles. The van der Waals surface area contributed by atoms with E-state index < -0.39 is 10.0 Å². The fourth-order valence-electron chi connectivity index (χ4n) is 2.76. The van der Waals surface area contributed by atoms with Crippen LogP contribution in [0.25, 0.3) is 0 Å². The van der Waals surface area contributed by atoms with Crippen molar-refractivity contribution in [3.8, 4) is 5.75 Å². The number of nitrogens with zero attached hydrogens (tertiary/aromatic N) is 1. The summed E-state index contributed by atoms with van der Waals surface area (Å²) in [5.41, 5.74) is 6.67. The number of nitrogens with one attached hydrogen (secondary N) is 1. The van der Waals surface area contributed by atoms with Crippen LogP contribution in [0.2, 0.25) is 0 Å². The highest BCUT2D eigenvalue weighted by Crippen LogP contribution is 2.28. The summed E-state index contributed by atoms with van der Waals surface area (Å²) in [7, 11) is -3.54. The van der Waals surface area contributed by atoms with Gasteiger partial charge in [0.25, 0.3) is 10.0 Å². The highest BCUT2D eigenvalue weighted by Gasteiger charge is 2.25. The zero-order valence-electron chi connectivity index (χ0n) is 16.2.